The number of nitrogens with zero attached hydrogens (tertiary/aromatic N) is 2. The molecule has 0 saturated heterocycles. The third-order valence-electron chi connectivity index (χ3n) is 2.93. The molecule has 6 nitrogen and oxygen atoms in total. The molecule has 0 aromatic carbocycles. The first-order chi connectivity index (χ1) is 8.90. The van der Waals surface area contributed by atoms with Crippen molar-refractivity contribution in [2.75, 3.05) is 5.73 Å². The normalized spacial score (nSPS) is 10.7. The summed E-state index contributed by atoms with van der Waals surface area (Å²) in [5.41, 5.74) is 8.64. The van der Waals surface area contributed by atoms with Crippen molar-refractivity contribution < 1.29 is 9.59 Å². The molecule has 0 aliphatic rings. The lowest BCUT2D eigenvalue weighted by Gasteiger charge is -2.07. The minimum atomic E-state index is -0.149. The smallest absolute Gasteiger partial charge is 0.228 e. The van der Waals surface area contributed by atoms with Crippen LogP contribution < -0.4 is 11.1 Å². The highest BCUT2D eigenvalue weighted by molar-refractivity contribution is 5.92. The number of anilines is 1. The minimum absolute atomic E-state index is 0.124. The Bertz CT molecular complexity index is 673. The van der Waals surface area contributed by atoms with E-state index in [0.717, 1.165) is 5.56 Å². The van der Waals surface area contributed by atoms with Crippen molar-refractivity contribution in [2.45, 2.75) is 27.3 Å². The summed E-state index contributed by atoms with van der Waals surface area (Å²) in [6.07, 6.45) is 0. The Morgan fingerprint density at radius 3 is 2.63 bits per heavy atom. The Morgan fingerprint density at radius 1 is 1.37 bits per heavy atom. The van der Waals surface area contributed by atoms with E-state index in [0.29, 0.717) is 22.5 Å². The van der Waals surface area contributed by atoms with E-state index in [1.807, 2.05) is 13.0 Å². The van der Waals surface area contributed by atoms with Gasteiger partial charge in [0.1, 0.15) is 5.82 Å². The SMILES string of the molecule is CC(=O)NCc1cc2nc(N)c(C)cc2n1C(C)=O. The second-order valence-corrected chi connectivity index (χ2v) is 4.49. The van der Waals surface area contributed by atoms with Crippen molar-refractivity contribution in [3.63, 3.8) is 0 Å². The lowest BCUT2D eigenvalue weighted by molar-refractivity contribution is -0.119. The molecule has 0 unspecified atom stereocenters. The topological polar surface area (TPSA) is 90.0 Å². The van der Waals surface area contributed by atoms with E-state index in [4.69, 9.17) is 5.73 Å². The van der Waals surface area contributed by atoms with Crippen LogP contribution in [0.4, 0.5) is 5.82 Å². The van der Waals surface area contributed by atoms with Gasteiger partial charge in [0.15, 0.2) is 0 Å². The summed E-state index contributed by atoms with van der Waals surface area (Å²) in [4.78, 5) is 27.0. The molecule has 0 fully saturated rings. The van der Waals surface area contributed by atoms with Crippen LogP contribution in [0.15, 0.2) is 12.1 Å². The van der Waals surface area contributed by atoms with Crippen LogP contribution in [0.3, 0.4) is 0 Å². The predicted molar refractivity (Wildman–Crippen MR) is 72.7 cm³/mol. The Kier molecular flexibility index (Phi) is 3.25. The van der Waals surface area contributed by atoms with Crippen LogP contribution in [0.25, 0.3) is 11.0 Å². The second kappa shape index (κ2) is 4.72. The Morgan fingerprint density at radius 2 is 2.05 bits per heavy atom. The molecule has 0 radical (unpaired) electrons. The molecular weight excluding hydrogens is 244 g/mol. The Labute approximate surface area is 110 Å². The summed E-state index contributed by atoms with van der Waals surface area (Å²) < 4.78 is 1.55. The third kappa shape index (κ3) is 2.42. The van der Waals surface area contributed by atoms with Gasteiger partial charge in [0.25, 0.3) is 0 Å². The number of rotatable bonds is 2. The molecule has 2 heterocycles. The van der Waals surface area contributed by atoms with E-state index in [1.165, 1.54) is 13.8 Å². The number of carbonyl (C=O) groups is 2. The summed E-state index contributed by atoms with van der Waals surface area (Å²) >= 11 is 0. The molecule has 100 valence electrons. The van der Waals surface area contributed by atoms with Crippen LogP contribution >= 0.6 is 0 Å². The van der Waals surface area contributed by atoms with E-state index >= 15 is 0 Å². The van der Waals surface area contributed by atoms with Crippen LogP contribution in [-0.2, 0) is 11.3 Å². The summed E-state index contributed by atoms with van der Waals surface area (Å²) in [7, 11) is 0. The summed E-state index contributed by atoms with van der Waals surface area (Å²) in [6.45, 7) is 5.03. The van der Waals surface area contributed by atoms with E-state index < -0.39 is 0 Å². The summed E-state index contributed by atoms with van der Waals surface area (Å²) in [5.74, 6) is 0.171. The minimum Gasteiger partial charge on any atom is -0.383 e. The molecule has 0 saturated carbocycles. The van der Waals surface area contributed by atoms with Crippen LogP contribution in [0, 0.1) is 6.92 Å². The number of fused-ring (bicyclic) bond motifs is 1. The highest BCUT2D eigenvalue weighted by atomic mass is 16.2. The number of nitrogens with two attached hydrogens (primary N) is 1. The molecule has 2 aromatic heterocycles. The second-order valence-electron chi connectivity index (χ2n) is 4.49. The largest absolute Gasteiger partial charge is 0.383 e. The number of hydrogen-bond acceptors (Lipinski definition) is 4. The van der Waals surface area contributed by atoms with Gasteiger partial charge < -0.3 is 11.1 Å². The number of aryl methyl sites for hydroxylation is 1. The zero-order valence-corrected chi connectivity index (χ0v) is 11.2. The van der Waals surface area contributed by atoms with Gasteiger partial charge in [0.05, 0.1) is 17.6 Å². The Hall–Kier alpha value is -2.37. The fraction of sp³-hybridized carbons (Fsp3) is 0.308. The van der Waals surface area contributed by atoms with Gasteiger partial charge in [-0.25, -0.2) is 4.98 Å². The predicted octanol–water partition coefficient (Wildman–Crippen LogP) is 1.22. The van der Waals surface area contributed by atoms with E-state index in [-0.39, 0.29) is 18.4 Å². The molecule has 6 heteroatoms. The highest BCUT2D eigenvalue weighted by Gasteiger charge is 2.14. The van der Waals surface area contributed by atoms with Crippen molar-refractivity contribution in [3.8, 4) is 0 Å². The fourth-order valence-corrected chi connectivity index (χ4v) is 2.01. The number of hydrogen-bond donors (Lipinski definition) is 2. The summed E-state index contributed by atoms with van der Waals surface area (Å²) in [5, 5.41) is 2.68. The number of carbonyl (C=O) groups excluding carboxylic acids is 2. The first kappa shape index (κ1) is 13.1. The number of nitrogens with one attached hydrogen (secondary N) is 1. The van der Waals surface area contributed by atoms with Gasteiger partial charge in [-0.3, -0.25) is 14.2 Å². The van der Waals surface area contributed by atoms with Crippen LogP contribution in [0.5, 0.6) is 0 Å². The maximum atomic E-state index is 11.8. The van der Waals surface area contributed by atoms with Gasteiger partial charge >= 0.3 is 0 Å². The van der Waals surface area contributed by atoms with Gasteiger partial charge in [0, 0.05) is 19.5 Å². The molecule has 0 aliphatic carbocycles. The molecular formula is C13H16N4O2. The third-order valence-corrected chi connectivity index (χ3v) is 2.93. The van der Waals surface area contributed by atoms with Crippen molar-refractivity contribution in [3.05, 3.63) is 23.4 Å². The summed E-state index contributed by atoms with van der Waals surface area (Å²) in [6, 6.07) is 3.60. The van der Waals surface area contributed by atoms with Gasteiger partial charge in [0.2, 0.25) is 11.8 Å². The quantitative estimate of drug-likeness (QED) is 0.849. The first-order valence-corrected chi connectivity index (χ1v) is 5.93. The van der Waals surface area contributed by atoms with Gasteiger partial charge in [-0.15, -0.1) is 0 Å². The average molecular weight is 260 g/mol. The van der Waals surface area contributed by atoms with Gasteiger partial charge in [-0.1, -0.05) is 0 Å². The molecule has 2 rings (SSSR count). The maximum Gasteiger partial charge on any atom is 0.228 e. The number of pyridine rings is 1. The van der Waals surface area contributed by atoms with Crippen molar-refractivity contribution in [1.29, 1.82) is 0 Å². The van der Waals surface area contributed by atoms with Gasteiger partial charge in [-0.05, 0) is 24.6 Å². The van der Waals surface area contributed by atoms with Gasteiger partial charge in [-0.2, -0.15) is 0 Å². The number of aromatic nitrogens is 2. The highest BCUT2D eigenvalue weighted by Crippen LogP contribution is 2.22. The monoisotopic (exact) mass is 260 g/mol. The van der Waals surface area contributed by atoms with E-state index in [9.17, 15) is 9.59 Å². The number of amides is 1. The van der Waals surface area contributed by atoms with Crippen LogP contribution in [0.1, 0.15) is 29.9 Å². The Balaban J connectivity index is 2.60. The van der Waals surface area contributed by atoms with Crippen molar-refractivity contribution in [1.82, 2.24) is 14.9 Å². The maximum absolute atomic E-state index is 11.8. The van der Waals surface area contributed by atoms with Crippen molar-refractivity contribution >= 4 is 28.7 Å². The standard InChI is InChI=1S/C13H16N4O2/c1-7-4-12-11(16-13(7)14)5-10(6-15-8(2)18)17(12)9(3)19/h4-5H,6H2,1-3H3,(H2,14,16)(H,15,18). The molecule has 0 atom stereocenters. The van der Waals surface area contributed by atoms with E-state index in [2.05, 4.69) is 10.3 Å². The van der Waals surface area contributed by atoms with Crippen LogP contribution in [-0.4, -0.2) is 21.4 Å². The first-order valence-electron chi connectivity index (χ1n) is 5.93. The molecule has 0 aliphatic heterocycles. The fourth-order valence-electron chi connectivity index (χ4n) is 2.01. The van der Waals surface area contributed by atoms with E-state index in [1.54, 1.807) is 10.6 Å². The lowest BCUT2D eigenvalue weighted by Crippen LogP contribution is -2.22. The van der Waals surface area contributed by atoms with Crippen molar-refractivity contribution in [2.24, 2.45) is 0 Å². The molecule has 0 spiro atoms. The number of nitrogen functional groups attached to an aromatic ring is 1. The molecule has 0 bridgehead atoms. The molecule has 2 aromatic rings. The zero-order valence-electron chi connectivity index (χ0n) is 11.2. The zero-order chi connectivity index (χ0) is 14.2. The average Bonchev–Trinajstić information content (AvgIpc) is 2.64. The lowest BCUT2D eigenvalue weighted by atomic mass is 10.2. The molecule has 1 amide bonds. The molecule has 19 heavy (non-hydrogen) atoms. The van der Waals surface area contributed by atoms with Crippen LogP contribution in [0.2, 0.25) is 0 Å². The molecule has 3 N–H and O–H groups in total.